The van der Waals surface area contributed by atoms with E-state index in [9.17, 15) is 19.2 Å². The van der Waals surface area contributed by atoms with Gasteiger partial charge in [-0.2, -0.15) is 0 Å². The summed E-state index contributed by atoms with van der Waals surface area (Å²) in [6.07, 6.45) is 2.15. The maximum absolute atomic E-state index is 14.0. The molecule has 4 rings (SSSR count). The van der Waals surface area contributed by atoms with Crippen LogP contribution in [0.25, 0.3) is 0 Å². The number of carbonyl (C=O) groups excluding carboxylic acids is 4. The van der Waals surface area contributed by atoms with Crippen molar-refractivity contribution in [1.29, 1.82) is 0 Å². The van der Waals surface area contributed by atoms with E-state index in [2.05, 4.69) is 22.0 Å². The summed E-state index contributed by atoms with van der Waals surface area (Å²) in [6.45, 7) is 5.89. The van der Waals surface area contributed by atoms with Crippen molar-refractivity contribution >= 4 is 23.8 Å². The largest absolute Gasteiger partial charge is 0.445 e. The Morgan fingerprint density at radius 1 is 0.976 bits per heavy atom. The summed E-state index contributed by atoms with van der Waals surface area (Å²) >= 11 is 0. The van der Waals surface area contributed by atoms with Crippen LogP contribution in [0, 0.1) is 5.92 Å². The van der Waals surface area contributed by atoms with E-state index in [1.807, 2.05) is 62.4 Å². The molecule has 4 atom stereocenters. The summed E-state index contributed by atoms with van der Waals surface area (Å²) in [4.78, 5) is 56.7. The number of carbonyl (C=O) groups is 4. The number of hydrogen-bond acceptors (Lipinski definition) is 6. The van der Waals surface area contributed by atoms with Crippen LogP contribution in [0.2, 0.25) is 0 Å². The second-order valence-corrected chi connectivity index (χ2v) is 11.4. The highest BCUT2D eigenvalue weighted by molar-refractivity contribution is 5.94. The minimum atomic E-state index is -0.940. The fraction of sp³-hybridized carbons (Fsp3) is 0.500. The molecule has 1 unspecified atom stereocenters. The highest BCUT2D eigenvalue weighted by Crippen LogP contribution is 2.30. The SMILES string of the molecule is CN[C@@H](C)C(=O)N[C@H](C(=O)N1CCN(C(=O)OCc2ccccc2)C[C@H]1C(=O)NC1CCCc2ccccc21)C(C)C. The Morgan fingerprint density at radius 3 is 2.40 bits per heavy atom. The van der Waals surface area contributed by atoms with E-state index in [1.54, 1.807) is 14.0 Å². The van der Waals surface area contributed by atoms with Crippen LogP contribution in [0.1, 0.15) is 56.3 Å². The topological polar surface area (TPSA) is 120 Å². The molecule has 1 aliphatic heterocycles. The van der Waals surface area contributed by atoms with Gasteiger partial charge in [0.25, 0.3) is 0 Å². The number of benzene rings is 2. The molecule has 1 saturated heterocycles. The van der Waals surface area contributed by atoms with Crippen LogP contribution in [0.4, 0.5) is 4.79 Å². The first-order chi connectivity index (χ1) is 20.2. The molecule has 10 heteroatoms. The third kappa shape index (κ3) is 7.47. The second kappa shape index (κ2) is 14.3. The number of rotatable bonds is 9. The maximum Gasteiger partial charge on any atom is 0.410 e. The third-order valence-electron chi connectivity index (χ3n) is 8.17. The Hall–Kier alpha value is -3.92. The van der Waals surface area contributed by atoms with Crippen LogP contribution in [-0.4, -0.2) is 78.4 Å². The zero-order valence-electron chi connectivity index (χ0n) is 25.0. The number of aryl methyl sites for hydroxylation is 1. The van der Waals surface area contributed by atoms with Crippen LogP contribution in [-0.2, 0) is 32.1 Å². The number of hydrogen-bond donors (Lipinski definition) is 3. The summed E-state index contributed by atoms with van der Waals surface area (Å²) in [5, 5.41) is 8.93. The van der Waals surface area contributed by atoms with Gasteiger partial charge in [0.1, 0.15) is 18.7 Å². The molecule has 1 aliphatic carbocycles. The highest BCUT2D eigenvalue weighted by Gasteiger charge is 2.41. The van der Waals surface area contributed by atoms with Crippen molar-refractivity contribution in [3.63, 3.8) is 0 Å². The normalized spacial score (nSPS) is 19.8. The predicted molar refractivity (Wildman–Crippen MR) is 159 cm³/mol. The first-order valence-corrected chi connectivity index (χ1v) is 14.8. The molecule has 1 heterocycles. The first kappa shape index (κ1) is 31.0. The minimum Gasteiger partial charge on any atom is -0.445 e. The summed E-state index contributed by atoms with van der Waals surface area (Å²) in [5.41, 5.74) is 3.15. The second-order valence-electron chi connectivity index (χ2n) is 11.4. The number of piperazine rings is 1. The quantitative estimate of drug-likeness (QED) is 0.422. The number of nitrogens with zero attached hydrogens (tertiary/aromatic N) is 2. The molecule has 0 saturated carbocycles. The van der Waals surface area contributed by atoms with E-state index >= 15 is 0 Å². The van der Waals surface area contributed by atoms with E-state index in [4.69, 9.17) is 4.74 Å². The average Bonchev–Trinajstić information content (AvgIpc) is 3.01. The third-order valence-corrected chi connectivity index (χ3v) is 8.17. The number of likely N-dealkylation sites (N-methyl/N-ethyl adjacent to an activating group) is 1. The molecule has 0 spiro atoms. The van der Waals surface area contributed by atoms with Gasteiger partial charge in [0, 0.05) is 13.1 Å². The van der Waals surface area contributed by atoms with Crippen LogP contribution in [0.5, 0.6) is 0 Å². The van der Waals surface area contributed by atoms with E-state index in [1.165, 1.54) is 15.4 Å². The molecular formula is C32H43N5O5. The lowest BCUT2D eigenvalue weighted by atomic mass is 9.87. The molecule has 0 bridgehead atoms. The van der Waals surface area contributed by atoms with Crippen molar-refractivity contribution in [3.8, 4) is 0 Å². The Balaban J connectivity index is 1.54. The van der Waals surface area contributed by atoms with Gasteiger partial charge >= 0.3 is 6.09 Å². The highest BCUT2D eigenvalue weighted by atomic mass is 16.6. The van der Waals surface area contributed by atoms with Gasteiger partial charge in [-0.05, 0) is 55.8 Å². The van der Waals surface area contributed by atoms with Gasteiger partial charge in [0.2, 0.25) is 17.7 Å². The molecule has 3 N–H and O–H groups in total. The van der Waals surface area contributed by atoms with Crippen molar-refractivity contribution in [3.05, 3.63) is 71.3 Å². The molecule has 2 aliphatic rings. The summed E-state index contributed by atoms with van der Waals surface area (Å²) < 4.78 is 5.55. The van der Waals surface area contributed by atoms with Crippen molar-refractivity contribution in [2.45, 2.75) is 70.8 Å². The molecule has 226 valence electrons. The van der Waals surface area contributed by atoms with Crippen molar-refractivity contribution in [1.82, 2.24) is 25.8 Å². The van der Waals surface area contributed by atoms with Crippen LogP contribution in [0.15, 0.2) is 54.6 Å². The maximum atomic E-state index is 14.0. The summed E-state index contributed by atoms with van der Waals surface area (Å²) in [6, 6.07) is 15.0. The number of fused-ring (bicyclic) bond motifs is 1. The lowest BCUT2D eigenvalue weighted by Crippen LogP contribution is -2.65. The molecule has 42 heavy (non-hydrogen) atoms. The van der Waals surface area contributed by atoms with Gasteiger partial charge in [-0.1, -0.05) is 68.4 Å². The van der Waals surface area contributed by atoms with Gasteiger partial charge < -0.3 is 30.5 Å². The summed E-state index contributed by atoms with van der Waals surface area (Å²) in [5.74, 6) is -1.19. The number of amides is 4. The predicted octanol–water partition coefficient (Wildman–Crippen LogP) is 2.78. The molecular weight excluding hydrogens is 534 g/mol. The molecule has 1 fully saturated rings. The smallest absolute Gasteiger partial charge is 0.410 e. The Labute approximate surface area is 248 Å². The Morgan fingerprint density at radius 2 is 1.69 bits per heavy atom. The lowest BCUT2D eigenvalue weighted by Gasteiger charge is -2.42. The van der Waals surface area contributed by atoms with E-state index < -0.39 is 24.2 Å². The van der Waals surface area contributed by atoms with Crippen molar-refractivity contribution in [2.75, 3.05) is 26.7 Å². The fourth-order valence-electron chi connectivity index (χ4n) is 5.52. The van der Waals surface area contributed by atoms with E-state index in [0.717, 1.165) is 30.4 Å². The van der Waals surface area contributed by atoms with Gasteiger partial charge in [0.15, 0.2) is 0 Å². The molecule has 2 aromatic carbocycles. The Bertz CT molecular complexity index is 1250. The summed E-state index contributed by atoms with van der Waals surface area (Å²) in [7, 11) is 1.68. The monoisotopic (exact) mass is 577 g/mol. The number of ether oxygens (including phenoxy) is 1. The van der Waals surface area contributed by atoms with E-state index in [-0.39, 0.29) is 55.9 Å². The molecule has 0 radical (unpaired) electrons. The zero-order valence-corrected chi connectivity index (χ0v) is 25.0. The molecule has 2 aromatic rings. The Kier molecular flexibility index (Phi) is 10.6. The minimum absolute atomic E-state index is 0.00869. The van der Waals surface area contributed by atoms with E-state index in [0.29, 0.717) is 0 Å². The molecule has 10 nitrogen and oxygen atoms in total. The van der Waals surface area contributed by atoms with Gasteiger partial charge in [-0.15, -0.1) is 0 Å². The van der Waals surface area contributed by atoms with Crippen molar-refractivity contribution in [2.24, 2.45) is 5.92 Å². The molecule has 4 amide bonds. The van der Waals surface area contributed by atoms with Crippen LogP contribution >= 0.6 is 0 Å². The lowest BCUT2D eigenvalue weighted by molar-refractivity contribution is -0.147. The number of nitrogens with one attached hydrogen (secondary N) is 3. The van der Waals surface area contributed by atoms with Gasteiger partial charge in [-0.25, -0.2) is 4.79 Å². The first-order valence-electron chi connectivity index (χ1n) is 14.8. The molecule has 0 aromatic heterocycles. The van der Waals surface area contributed by atoms with Crippen molar-refractivity contribution < 1.29 is 23.9 Å². The van der Waals surface area contributed by atoms with Crippen LogP contribution < -0.4 is 16.0 Å². The zero-order chi connectivity index (χ0) is 30.2. The van der Waals surface area contributed by atoms with Gasteiger partial charge in [-0.3, -0.25) is 14.4 Å². The van der Waals surface area contributed by atoms with Gasteiger partial charge in [0.05, 0.1) is 18.6 Å². The van der Waals surface area contributed by atoms with Crippen LogP contribution in [0.3, 0.4) is 0 Å². The average molecular weight is 578 g/mol. The fourth-order valence-corrected chi connectivity index (χ4v) is 5.52. The standard InChI is InChI=1S/C32H43N5O5/c1-21(2)28(35-29(38)22(3)33-4)31(40)37-18-17-36(32(41)42-20-23-11-6-5-7-12-23)19-27(37)30(39)34-26-16-10-14-24-13-8-9-15-25(24)26/h5-9,11-13,15,21-22,26-28,33H,10,14,16-20H2,1-4H3,(H,34,39)(H,35,38)/t22-,26?,27-,28-/m0/s1.